The Balaban J connectivity index is 1.53. The number of carbonyl (C=O) groups excluding carboxylic acids is 2. The Bertz CT molecular complexity index is 843. The normalized spacial score (nSPS) is 19.4. The molecule has 28 heavy (non-hydrogen) atoms. The number of aryl methyl sites for hydroxylation is 1. The molecule has 3 rings (SSSR count). The largest absolute Gasteiger partial charge is 0.444 e. The minimum Gasteiger partial charge on any atom is -0.444 e. The number of aromatic amines is 1. The molecule has 3 heterocycles. The molecule has 2 aromatic rings. The molecule has 0 unspecified atom stereocenters. The van der Waals surface area contributed by atoms with E-state index in [4.69, 9.17) is 9.47 Å². The van der Waals surface area contributed by atoms with E-state index in [1.54, 1.807) is 25.4 Å². The number of anilines is 1. The zero-order chi connectivity index (χ0) is 20.3. The summed E-state index contributed by atoms with van der Waals surface area (Å²) in [4.78, 5) is 24.2. The first-order valence-electron chi connectivity index (χ1n) is 9.22. The molecule has 0 aliphatic carbocycles. The van der Waals surface area contributed by atoms with E-state index in [9.17, 15) is 9.59 Å². The number of ether oxygens (including phenoxy) is 2. The molecule has 10 heteroatoms. The molecule has 1 aliphatic rings. The fourth-order valence-corrected chi connectivity index (χ4v) is 2.79. The second-order valence-electron chi connectivity index (χ2n) is 7.45. The molecule has 2 atom stereocenters. The fraction of sp³-hybridized carbons (Fsp3) is 0.556. The van der Waals surface area contributed by atoms with Crippen LogP contribution in [-0.4, -0.2) is 50.2 Å². The molecule has 1 aliphatic heterocycles. The van der Waals surface area contributed by atoms with Crippen LogP contribution in [0.5, 0.6) is 0 Å². The van der Waals surface area contributed by atoms with Crippen LogP contribution in [0.25, 0.3) is 0 Å². The van der Waals surface area contributed by atoms with Gasteiger partial charge in [0.05, 0.1) is 12.3 Å². The molecule has 152 valence electrons. The molecule has 0 bridgehead atoms. The highest BCUT2D eigenvalue weighted by Gasteiger charge is 2.32. The predicted octanol–water partition coefficient (Wildman–Crippen LogP) is 2.14. The van der Waals surface area contributed by atoms with Gasteiger partial charge >= 0.3 is 6.09 Å². The zero-order valence-corrected chi connectivity index (χ0v) is 16.5. The van der Waals surface area contributed by atoms with E-state index >= 15 is 0 Å². The van der Waals surface area contributed by atoms with E-state index in [1.165, 1.54) is 4.68 Å². The monoisotopic (exact) mass is 390 g/mol. The predicted molar refractivity (Wildman–Crippen MR) is 101 cm³/mol. The molecule has 1 fully saturated rings. The van der Waals surface area contributed by atoms with Gasteiger partial charge in [-0.3, -0.25) is 14.6 Å². The van der Waals surface area contributed by atoms with Crippen LogP contribution in [0.4, 0.5) is 10.6 Å². The van der Waals surface area contributed by atoms with Crippen molar-refractivity contribution in [3.05, 3.63) is 29.7 Å². The van der Waals surface area contributed by atoms with Crippen molar-refractivity contribution < 1.29 is 19.1 Å². The van der Waals surface area contributed by atoms with Gasteiger partial charge in [0.25, 0.3) is 5.91 Å². The SMILES string of the molecule is CCC(C)(C)NC(=O)O[C@@H]1CO[C@H](c2cc(NC(=O)c3ccnn3C)n[nH]2)C1. The third kappa shape index (κ3) is 4.69. The van der Waals surface area contributed by atoms with Gasteiger partial charge in [-0.2, -0.15) is 10.2 Å². The number of alkyl carbamates (subject to hydrolysis) is 1. The zero-order valence-electron chi connectivity index (χ0n) is 16.5. The van der Waals surface area contributed by atoms with Crippen LogP contribution in [0.1, 0.15) is 55.9 Å². The lowest BCUT2D eigenvalue weighted by Crippen LogP contribution is -2.44. The maximum absolute atomic E-state index is 12.2. The van der Waals surface area contributed by atoms with Crippen LogP contribution in [0.2, 0.25) is 0 Å². The quantitative estimate of drug-likeness (QED) is 0.694. The first-order chi connectivity index (χ1) is 13.3. The standard InChI is InChI=1S/C18H26N6O4/c1-5-18(2,3)21-17(26)28-11-8-14(27-10-11)12-9-15(23-22-12)20-16(25)13-6-7-19-24(13)4/h6-7,9,11,14H,5,8,10H2,1-4H3,(H,21,26)(H2,20,22,23,25)/t11-,14-/m0/s1. The number of H-pyrrole nitrogens is 1. The van der Waals surface area contributed by atoms with Gasteiger partial charge in [-0.25, -0.2) is 4.79 Å². The van der Waals surface area contributed by atoms with Crippen LogP contribution in [0.3, 0.4) is 0 Å². The number of carbonyl (C=O) groups is 2. The molecule has 10 nitrogen and oxygen atoms in total. The number of amides is 2. The fourth-order valence-electron chi connectivity index (χ4n) is 2.79. The van der Waals surface area contributed by atoms with Crippen LogP contribution < -0.4 is 10.6 Å². The lowest BCUT2D eigenvalue weighted by molar-refractivity contribution is 0.0654. The van der Waals surface area contributed by atoms with Gasteiger partial charge in [-0.1, -0.05) is 6.92 Å². The smallest absolute Gasteiger partial charge is 0.407 e. The van der Waals surface area contributed by atoms with Crippen LogP contribution >= 0.6 is 0 Å². The van der Waals surface area contributed by atoms with Crippen molar-refractivity contribution in [3.8, 4) is 0 Å². The molecular formula is C18H26N6O4. The maximum Gasteiger partial charge on any atom is 0.407 e. The average molecular weight is 390 g/mol. The number of hydrogen-bond acceptors (Lipinski definition) is 6. The van der Waals surface area contributed by atoms with Crippen LogP contribution in [-0.2, 0) is 16.5 Å². The molecule has 0 aromatic carbocycles. The van der Waals surface area contributed by atoms with Crippen LogP contribution in [0, 0.1) is 0 Å². The highest BCUT2D eigenvalue weighted by Crippen LogP contribution is 2.30. The Morgan fingerprint density at radius 1 is 1.46 bits per heavy atom. The Kier molecular flexibility index (Phi) is 5.68. The highest BCUT2D eigenvalue weighted by molar-refractivity contribution is 6.02. The van der Waals surface area contributed by atoms with Gasteiger partial charge in [-0.05, 0) is 26.3 Å². The third-order valence-corrected chi connectivity index (χ3v) is 4.80. The lowest BCUT2D eigenvalue weighted by atomic mass is 10.0. The van der Waals surface area contributed by atoms with Gasteiger partial charge in [0.15, 0.2) is 5.82 Å². The Hall–Kier alpha value is -2.88. The summed E-state index contributed by atoms with van der Waals surface area (Å²) in [5.41, 5.74) is 0.817. The van der Waals surface area contributed by atoms with Crippen molar-refractivity contribution in [1.29, 1.82) is 0 Å². The number of aromatic nitrogens is 4. The highest BCUT2D eigenvalue weighted by atomic mass is 16.6. The molecule has 1 saturated heterocycles. The summed E-state index contributed by atoms with van der Waals surface area (Å²) in [6, 6.07) is 3.33. The van der Waals surface area contributed by atoms with E-state index in [1.807, 2.05) is 20.8 Å². The average Bonchev–Trinajstić information content (AvgIpc) is 3.35. The second kappa shape index (κ2) is 8.01. The van der Waals surface area contributed by atoms with Gasteiger partial charge in [0, 0.05) is 31.3 Å². The molecule has 2 aromatic heterocycles. The topological polar surface area (TPSA) is 123 Å². The summed E-state index contributed by atoms with van der Waals surface area (Å²) in [6.07, 6.45) is 1.79. The third-order valence-electron chi connectivity index (χ3n) is 4.80. The van der Waals surface area contributed by atoms with Crippen LogP contribution in [0.15, 0.2) is 18.3 Å². The van der Waals surface area contributed by atoms with Crippen molar-refractivity contribution in [2.75, 3.05) is 11.9 Å². The number of nitrogens with one attached hydrogen (secondary N) is 3. The minimum absolute atomic E-state index is 0.285. The van der Waals surface area contributed by atoms with E-state index in [0.717, 1.165) is 6.42 Å². The first kappa shape index (κ1) is 19.9. The summed E-state index contributed by atoms with van der Waals surface area (Å²) < 4.78 is 12.6. The number of nitrogens with zero attached hydrogens (tertiary/aromatic N) is 3. The first-order valence-corrected chi connectivity index (χ1v) is 9.22. The molecule has 3 N–H and O–H groups in total. The Morgan fingerprint density at radius 3 is 2.93 bits per heavy atom. The van der Waals surface area contributed by atoms with Crippen molar-refractivity contribution in [2.45, 2.75) is 51.4 Å². The molecule has 0 spiro atoms. The summed E-state index contributed by atoms with van der Waals surface area (Å²) in [7, 11) is 1.69. The summed E-state index contributed by atoms with van der Waals surface area (Å²) in [5.74, 6) is 0.0819. The Labute approximate surface area is 163 Å². The van der Waals surface area contributed by atoms with E-state index < -0.39 is 6.09 Å². The Morgan fingerprint density at radius 2 is 2.25 bits per heavy atom. The maximum atomic E-state index is 12.2. The van der Waals surface area contributed by atoms with Gasteiger partial charge in [0.1, 0.15) is 17.9 Å². The lowest BCUT2D eigenvalue weighted by Gasteiger charge is -2.24. The van der Waals surface area contributed by atoms with Gasteiger partial charge in [0.2, 0.25) is 0 Å². The number of rotatable bonds is 6. The summed E-state index contributed by atoms with van der Waals surface area (Å²) in [5, 5.41) is 16.5. The van der Waals surface area contributed by atoms with Crippen molar-refractivity contribution in [2.24, 2.45) is 7.05 Å². The summed E-state index contributed by atoms with van der Waals surface area (Å²) in [6.45, 7) is 6.18. The summed E-state index contributed by atoms with van der Waals surface area (Å²) >= 11 is 0. The minimum atomic E-state index is -0.449. The second-order valence-corrected chi connectivity index (χ2v) is 7.45. The molecule has 2 amide bonds. The van der Waals surface area contributed by atoms with Gasteiger partial charge < -0.3 is 20.1 Å². The van der Waals surface area contributed by atoms with E-state index in [-0.39, 0.29) is 23.7 Å². The molecule has 0 saturated carbocycles. The van der Waals surface area contributed by atoms with E-state index in [2.05, 4.69) is 25.9 Å². The molecular weight excluding hydrogens is 364 g/mol. The van der Waals surface area contributed by atoms with Crippen molar-refractivity contribution >= 4 is 17.8 Å². The van der Waals surface area contributed by atoms with Crippen molar-refractivity contribution in [1.82, 2.24) is 25.3 Å². The van der Waals surface area contributed by atoms with E-state index in [0.29, 0.717) is 30.2 Å². The number of hydrogen-bond donors (Lipinski definition) is 3. The molecule has 0 radical (unpaired) electrons. The van der Waals surface area contributed by atoms with Gasteiger partial charge in [-0.15, -0.1) is 0 Å². The van der Waals surface area contributed by atoms with Crippen molar-refractivity contribution in [3.63, 3.8) is 0 Å².